The van der Waals surface area contributed by atoms with Crippen molar-refractivity contribution in [2.45, 2.75) is 45.4 Å². The van der Waals surface area contributed by atoms with Gasteiger partial charge < -0.3 is 4.42 Å². The first-order valence-electron chi connectivity index (χ1n) is 11.8. The Bertz CT molecular complexity index is 1610. The predicted molar refractivity (Wildman–Crippen MR) is 135 cm³/mol. The summed E-state index contributed by atoms with van der Waals surface area (Å²) in [4.78, 5) is 3.60. The molecule has 0 saturated heterocycles. The van der Waals surface area contributed by atoms with Gasteiger partial charge in [-0.15, -0.1) is 0 Å². The van der Waals surface area contributed by atoms with E-state index in [1.807, 2.05) is 18.2 Å². The lowest BCUT2D eigenvalue weighted by Gasteiger charge is -2.16. The van der Waals surface area contributed by atoms with Crippen molar-refractivity contribution < 1.29 is 8.98 Å². The van der Waals surface area contributed by atoms with Crippen molar-refractivity contribution in [2.75, 3.05) is 0 Å². The molecule has 1 fully saturated rings. The monoisotopic (exact) mass is 431 g/mol. The SMILES string of the molecule is [C-]#[N+]c1ccc2c(c1)oc1c(-c3cc(C4CCCC4)c4ccccc4[n+]3C)c(C)c(C)cc12. The number of hydrogen-bond donors (Lipinski definition) is 0. The zero-order valence-corrected chi connectivity index (χ0v) is 19.4. The van der Waals surface area contributed by atoms with E-state index in [4.69, 9.17) is 11.0 Å². The number of para-hydroxylation sites is 1. The number of furan rings is 1. The molecule has 0 spiro atoms. The maximum Gasteiger partial charge on any atom is 0.217 e. The number of aromatic nitrogens is 1. The summed E-state index contributed by atoms with van der Waals surface area (Å²) in [7, 11) is 2.17. The molecule has 1 aliphatic rings. The molecule has 6 rings (SSSR count). The quantitative estimate of drug-likeness (QED) is 0.205. The van der Waals surface area contributed by atoms with Gasteiger partial charge in [-0.05, 0) is 67.5 Å². The number of pyridine rings is 1. The average molecular weight is 432 g/mol. The van der Waals surface area contributed by atoms with Gasteiger partial charge in [0, 0.05) is 28.3 Å². The molecule has 0 unspecified atom stereocenters. The highest BCUT2D eigenvalue weighted by Crippen LogP contribution is 2.42. The molecule has 3 aromatic carbocycles. The normalized spacial score (nSPS) is 14.5. The summed E-state index contributed by atoms with van der Waals surface area (Å²) >= 11 is 0. The lowest BCUT2D eigenvalue weighted by atomic mass is 9.90. The molecule has 33 heavy (non-hydrogen) atoms. The Labute approximate surface area is 194 Å². The van der Waals surface area contributed by atoms with Crippen LogP contribution in [0.5, 0.6) is 0 Å². The van der Waals surface area contributed by atoms with Gasteiger partial charge in [0.25, 0.3) is 0 Å². The van der Waals surface area contributed by atoms with Crippen LogP contribution in [0.3, 0.4) is 0 Å². The topological polar surface area (TPSA) is 21.4 Å². The van der Waals surface area contributed by atoms with Crippen LogP contribution in [0.4, 0.5) is 5.69 Å². The van der Waals surface area contributed by atoms with Crippen LogP contribution in [0, 0.1) is 20.4 Å². The fourth-order valence-corrected chi connectivity index (χ4v) is 5.78. The third-order valence-electron chi connectivity index (χ3n) is 7.68. The Hall–Kier alpha value is -3.64. The number of fused-ring (bicyclic) bond motifs is 4. The molecule has 0 aliphatic heterocycles. The number of hydrogen-bond acceptors (Lipinski definition) is 1. The average Bonchev–Trinajstić information content (AvgIpc) is 3.49. The summed E-state index contributed by atoms with van der Waals surface area (Å²) in [5, 5.41) is 3.56. The Balaban J connectivity index is 1.73. The molecule has 162 valence electrons. The van der Waals surface area contributed by atoms with Crippen LogP contribution in [0.25, 0.3) is 48.9 Å². The highest BCUT2D eigenvalue weighted by atomic mass is 16.3. The van der Waals surface area contributed by atoms with E-state index in [0.29, 0.717) is 11.6 Å². The highest BCUT2D eigenvalue weighted by Gasteiger charge is 2.28. The molecule has 0 amide bonds. The van der Waals surface area contributed by atoms with Crippen molar-refractivity contribution in [3.63, 3.8) is 0 Å². The van der Waals surface area contributed by atoms with Gasteiger partial charge in [0.15, 0.2) is 5.69 Å². The maximum absolute atomic E-state index is 7.39. The fraction of sp³-hybridized carbons (Fsp3) is 0.267. The molecule has 1 aliphatic carbocycles. The van der Waals surface area contributed by atoms with E-state index in [1.54, 1.807) is 0 Å². The third-order valence-corrected chi connectivity index (χ3v) is 7.68. The molecule has 0 N–H and O–H groups in total. The van der Waals surface area contributed by atoms with Crippen LogP contribution in [-0.2, 0) is 7.05 Å². The molecule has 1 saturated carbocycles. The van der Waals surface area contributed by atoms with Gasteiger partial charge in [0.2, 0.25) is 11.2 Å². The van der Waals surface area contributed by atoms with E-state index in [-0.39, 0.29) is 0 Å². The number of benzene rings is 3. The van der Waals surface area contributed by atoms with Crippen LogP contribution < -0.4 is 4.57 Å². The zero-order chi connectivity index (χ0) is 22.7. The predicted octanol–water partition coefficient (Wildman–Crippen LogP) is 8.06. The minimum atomic E-state index is 0.608. The van der Waals surface area contributed by atoms with E-state index in [2.05, 4.69) is 66.7 Å². The molecular formula is C30H27N2O+. The lowest BCUT2D eigenvalue weighted by Crippen LogP contribution is -2.33. The molecule has 3 heteroatoms. The minimum Gasteiger partial charge on any atom is -0.456 e. The fourth-order valence-electron chi connectivity index (χ4n) is 5.78. The second kappa shape index (κ2) is 7.46. The van der Waals surface area contributed by atoms with Crippen molar-refractivity contribution in [2.24, 2.45) is 7.05 Å². The summed E-state index contributed by atoms with van der Waals surface area (Å²) in [6, 6.07) is 19.2. The van der Waals surface area contributed by atoms with Gasteiger partial charge in [-0.25, -0.2) is 4.85 Å². The largest absolute Gasteiger partial charge is 0.456 e. The number of nitrogens with zero attached hydrogens (tertiary/aromatic N) is 2. The van der Waals surface area contributed by atoms with Gasteiger partial charge in [-0.3, -0.25) is 0 Å². The number of aryl methyl sites for hydroxylation is 2. The summed E-state index contributed by atoms with van der Waals surface area (Å²) in [5.41, 5.74) is 9.90. The maximum atomic E-state index is 7.39. The molecule has 0 atom stereocenters. The Kier molecular flexibility index (Phi) is 4.52. The Morgan fingerprint density at radius 1 is 0.939 bits per heavy atom. The zero-order valence-electron chi connectivity index (χ0n) is 19.4. The van der Waals surface area contributed by atoms with Crippen LogP contribution in [0.1, 0.15) is 48.3 Å². The Morgan fingerprint density at radius 2 is 1.73 bits per heavy atom. The summed E-state index contributed by atoms with van der Waals surface area (Å²) in [6.45, 7) is 11.8. The summed E-state index contributed by atoms with van der Waals surface area (Å²) in [5.74, 6) is 0.618. The molecule has 5 aromatic rings. The van der Waals surface area contributed by atoms with Crippen molar-refractivity contribution in [1.29, 1.82) is 0 Å². The van der Waals surface area contributed by atoms with Gasteiger partial charge in [-0.1, -0.05) is 37.1 Å². The van der Waals surface area contributed by atoms with Crippen LogP contribution in [-0.4, -0.2) is 0 Å². The van der Waals surface area contributed by atoms with E-state index in [0.717, 1.165) is 27.5 Å². The van der Waals surface area contributed by atoms with E-state index in [1.165, 1.54) is 59.0 Å². The third kappa shape index (κ3) is 2.98. The molecule has 2 heterocycles. The Morgan fingerprint density at radius 3 is 2.52 bits per heavy atom. The van der Waals surface area contributed by atoms with Gasteiger partial charge >= 0.3 is 0 Å². The summed E-state index contributed by atoms with van der Waals surface area (Å²) in [6.07, 6.45) is 5.17. The van der Waals surface area contributed by atoms with Crippen LogP contribution in [0.15, 0.2) is 59.0 Å². The van der Waals surface area contributed by atoms with E-state index < -0.39 is 0 Å². The van der Waals surface area contributed by atoms with Crippen molar-refractivity contribution in [3.05, 3.63) is 82.7 Å². The molecule has 0 radical (unpaired) electrons. The highest BCUT2D eigenvalue weighted by molar-refractivity contribution is 6.11. The molecule has 2 aromatic heterocycles. The van der Waals surface area contributed by atoms with Crippen molar-refractivity contribution in [1.82, 2.24) is 0 Å². The standard InChI is InChI=1S/C30H27N2O/c1-18-15-25-23-14-13-21(31-3)16-28(23)33-30(25)29(19(18)2)27-17-24(20-9-5-6-10-20)22-11-7-8-12-26(22)32(27)4/h7-8,11-17,20H,5-6,9-10H2,1-2,4H3/q+1. The first kappa shape index (κ1) is 20.0. The van der Waals surface area contributed by atoms with Gasteiger partial charge in [0.1, 0.15) is 18.2 Å². The molecule has 0 bridgehead atoms. The van der Waals surface area contributed by atoms with E-state index >= 15 is 0 Å². The number of rotatable bonds is 2. The minimum absolute atomic E-state index is 0.608. The van der Waals surface area contributed by atoms with Crippen LogP contribution in [0.2, 0.25) is 0 Å². The van der Waals surface area contributed by atoms with Crippen molar-refractivity contribution in [3.8, 4) is 11.3 Å². The smallest absolute Gasteiger partial charge is 0.217 e. The van der Waals surface area contributed by atoms with Crippen molar-refractivity contribution >= 4 is 38.5 Å². The molecular weight excluding hydrogens is 404 g/mol. The first-order chi connectivity index (χ1) is 16.1. The van der Waals surface area contributed by atoms with Gasteiger partial charge in [0.05, 0.1) is 12.1 Å². The van der Waals surface area contributed by atoms with Crippen LogP contribution >= 0.6 is 0 Å². The van der Waals surface area contributed by atoms with Gasteiger partial charge in [-0.2, -0.15) is 4.57 Å². The first-order valence-corrected chi connectivity index (χ1v) is 11.8. The second-order valence-electron chi connectivity index (χ2n) is 9.51. The molecule has 3 nitrogen and oxygen atoms in total. The second-order valence-corrected chi connectivity index (χ2v) is 9.51. The van der Waals surface area contributed by atoms with E-state index in [9.17, 15) is 0 Å². The lowest BCUT2D eigenvalue weighted by molar-refractivity contribution is -0.633. The summed E-state index contributed by atoms with van der Waals surface area (Å²) < 4.78 is 8.82.